The zero-order valence-electron chi connectivity index (χ0n) is 18.6. The van der Waals surface area contributed by atoms with E-state index >= 15 is 0 Å². The van der Waals surface area contributed by atoms with E-state index < -0.39 is 5.82 Å². The fourth-order valence-electron chi connectivity index (χ4n) is 3.75. The lowest BCUT2D eigenvalue weighted by atomic mass is 10.1. The number of carbonyl (C=O) groups excluding carboxylic acids is 1. The normalized spacial score (nSPS) is 11.2. The molecule has 0 N–H and O–H groups in total. The molecule has 0 saturated carbocycles. The van der Waals surface area contributed by atoms with Crippen molar-refractivity contribution in [3.63, 3.8) is 0 Å². The molecule has 1 amide bonds. The summed E-state index contributed by atoms with van der Waals surface area (Å²) in [6, 6.07) is 19.8. The van der Waals surface area contributed by atoms with Crippen molar-refractivity contribution >= 4 is 22.9 Å². The number of imidazole rings is 1. The van der Waals surface area contributed by atoms with Crippen LogP contribution in [0.5, 0.6) is 0 Å². The molecule has 4 rings (SSSR count). The lowest BCUT2D eigenvalue weighted by molar-refractivity contribution is 0.0980. The Kier molecular flexibility index (Phi) is 6.21. The van der Waals surface area contributed by atoms with Crippen molar-refractivity contribution in [2.75, 3.05) is 23.4 Å². The number of fused-ring (bicyclic) bond motifs is 1. The Bertz CT molecular complexity index is 1200. The summed E-state index contributed by atoms with van der Waals surface area (Å²) in [7, 11) is 1.99. The van der Waals surface area contributed by atoms with Gasteiger partial charge in [0.25, 0.3) is 5.91 Å². The van der Waals surface area contributed by atoms with Gasteiger partial charge in [0.2, 0.25) is 0 Å². The maximum atomic E-state index is 14.3. The van der Waals surface area contributed by atoms with Crippen LogP contribution in [0, 0.1) is 11.7 Å². The summed E-state index contributed by atoms with van der Waals surface area (Å²) in [5, 5.41) is 0. The van der Waals surface area contributed by atoms with Crippen molar-refractivity contribution in [1.29, 1.82) is 0 Å². The third-order valence-electron chi connectivity index (χ3n) is 5.29. The summed E-state index contributed by atoms with van der Waals surface area (Å²) in [5.74, 6) is -0.617. The number of anilines is 2. The second-order valence-corrected chi connectivity index (χ2v) is 8.36. The van der Waals surface area contributed by atoms with E-state index in [0.29, 0.717) is 13.1 Å². The highest BCUT2D eigenvalue weighted by molar-refractivity contribution is 6.06. The molecule has 0 spiro atoms. The van der Waals surface area contributed by atoms with E-state index in [1.807, 2.05) is 80.2 Å². The molecule has 0 saturated heterocycles. The average molecular weight is 431 g/mol. The Hall–Kier alpha value is -3.67. The van der Waals surface area contributed by atoms with E-state index in [-0.39, 0.29) is 17.4 Å². The largest absolute Gasteiger partial charge is 0.369 e. The number of halogens is 1. The Morgan fingerprint density at radius 1 is 1.03 bits per heavy atom. The Labute approximate surface area is 187 Å². The van der Waals surface area contributed by atoms with E-state index in [1.165, 1.54) is 12.1 Å². The molecular weight excluding hydrogens is 403 g/mol. The van der Waals surface area contributed by atoms with E-state index in [1.54, 1.807) is 17.0 Å². The molecule has 0 fully saturated rings. The number of nitrogens with zero attached hydrogens (tertiary/aromatic N) is 4. The smallest absolute Gasteiger partial charge is 0.261 e. The minimum Gasteiger partial charge on any atom is -0.369 e. The highest BCUT2D eigenvalue weighted by atomic mass is 19.1. The van der Waals surface area contributed by atoms with Gasteiger partial charge in [-0.15, -0.1) is 0 Å². The predicted molar refractivity (Wildman–Crippen MR) is 127 cm³/mol. The topological polar surface area (TPSA) is 40.9 Å². The molecule has 0 aliphatic rings. The number of amides is 1. The fourth-order valence-corrected chi connectivity index (χ4v) is 3.75. The molecule has 0 aliphatic heterocycles. The molecule has 0 unspecified atom stereocenters. The van der Waals surface area contributed by atoms with Gasteiger partial charge in [-0.3, -0.25) is 4.79 Å². The molecule has 2 heterocycles. The first-order valence-electron chi connectivity index (χ1n) is 10.7. The number of pyridine rings is 1. The van der Waals surface area contributed by atoms with Crippen LogP contribution < -0.4 is 9.80 Å². The van der Waals surface area contributed by atoms with Crippen LogP contribution in [0.1, 0.15) is 29.9 Å². The van der Waals surface area contributed by atoms with Crippen LogP contribution >= 0.6 is 0 Å². The third-order valence-corrected chi connectivity index (χ3v) is 5.29. The van der Waals surface area contributed by atoms with E-state index in [2.05, 4.69) is 9.88 Å². The van der Waals surface area contributed by atoms with E-state index in [4.69, 9.17) is 0 Å². The van der Waals surface area contributed by atoms with Gasteiger partial charge in [0, 0.05) is 37.4 Å². The maximum absolute atomic E-state index is 14.3. The monoisotopic (exact) mass is 430 g/mol. The van der Waals surface area contributed by atoms with Gasteiger partial charge in [0.05, 0.1) is 17.8 Å². The van der Waals surface area contributed by atoms with Gasteiger partial charge in [-0.2, -0.15) is 0 Å². The number of rotatable bonds is 7. The first-order valence-corrected chi connectivity index (χ1v) is 10.7. The summed E-state index contributed by atoms with van der Waals surface area (Å²) < 4.78 is 16.3. The lowest BCUT2D eigenvalue weighted by Gasteiger charge is -2.27. The third kappa shape index (κ3) is 4.64. The van der Waals surface area contributed by atoms with Crippen LogP contribution in [-0.4, -0.2) is 28.9 Å². The number of aromatic nitrogens is 2. The summed E-state index contributed by atoms with van der Waals surface area (Å²) in [5.41, 5.74) is 3.63. The van der Waals surface area contributed by atoms with Crippen molar-refractivity contribution in [2.45, 2.75) is 20.4 Å². The van der Waals surface area contributed by atoms with Gasteiger partial charge in [-0.05, 0) is 48.4 Å². The van der Waals surface area contributed by atoms with Gasteiger partial charge >= 0.3 is 0 Å². The highest BCUT2D eigenvalue weighted by Crippen LogP contribution is 2.26. The van der Waals surface area contributed by atoms with Crippen LogP contribution in [0.25, 0.3) is 5.65 Å². The van der Waals surface area contributed by atoms with E-state index in [0.717, 1.165) is 22.7 Å². The van der Waals surface area contributed by atoms with Crippen molar-refractivity contribution < 1.29 is 9.18 Å². The number of hydrogen-bond donors (Lipinski definition) is 0. The Balaban J connectivity index is 1.61. The van der Waals surface area contributed by atoms with Gasteiger partial charge < -0.3 is 14.2 Å². The molecule has 32 heavy (non-hydrogen) atoms. The minimum absolute atomic E-state index is 0.0802. The van der Waals surface area contributed by atoms with Crippen molar-refractivity contribution in [3.8, 4) is 0 Å². The Morgan fingerprint density at radius 2 is 1.78 bits per heavy atom. The van der Waals surface area contributed by atoms with Crippen molar-refractivity contribution in [1.82, 2.24) is 9.38 Å². The summed E-state index contributed by atoms with van der Waals surface area (Å²) >= 11 is 0. The highest BCUT2D eigenvalue weighted by Gasteiger charge is 2.22. The van der Waals surface area contributed by atoms with Crippen LogP contribution in [0.2, 0.25) is 0 Å². The first-order chi connectivity index (χ1) is 15.4. The van der Waals surface area contributed by atoms with E-state index in [9.17, 15) is 9.18 Å². The molecule has 0 radical (unpaired) electrons. The summed E-state index contributed by atoms with van der Waals surface area (Å²) in [4.78, 5) is 21.6. The molecule has 0 bridgehead atoms. The number of hydrogen-bond acceptors (Lipinski definition) is 3. The second kappa shape index (κ2) is 9.22. The molecule has 0 atom stereocenters. The number of benzene rings is 2. The zero-order valence-corrected chi connectivity index (χ0v) is 18.6. The molecule has 164 valence electrons. The summed E-state index contributed by atoms with van der Waals surface area (Å²) in [6.45, 7) is 5.20. The second-order valence-electron chi connectivity index (χ2n) is 8.36. The molecule has 5 nitrogen and oxygen atoms in total. The van der Waals surface area contributed by atoms with Crippen LogP contribution in [0.3, 0.4) is 0 Å². The maximum Gasteiger partial charge on any atom is 0.261 e. The van der Waals surface area contributed by atoms with Gasteiger partial charge in [0.1, 0.15) is 11.5 Å². The van der Waals surface area contributed by atoms with Crippen molar-refractivity contribution in [3.05, 3.63) is 96.2 Å². The van der Waals surface area contributed by atoms with Gasteiger partial charge in [-0.25, -0.2) is 9.37 Å². The van der Waals surface area contributed by atoms with Gasteiger partial charge in [-0.1, -0.05) is 38.1 Å². The van der Waals surface area contributed by atoms with Crippen LogP contribution in [0.4, 0.5) is 15.8 Å². The molecule has 4 aromatic rings. The molecule has 6 heteroatoms. The van der Waals surface area contributed by atoms with Crippen molar-refractivity contribution in [2.24, 2.45) is 5.92 Å². The standard InChI is InChI=1S/C26H27FN4O/c1-19(2)16-31(26(32)23-11-4-5-12-24(23)27)22-10-8-9-21(15-22)29(3)17-20-18-30-14-7-6-13-25(30)28-20/h4-15,18-19H,16-17H2,1-3H3. The van der Waals surface area contributed by atoms with Gasteiger partial charge in [0.15, 0.2) is 0 Å². The molecule has 2 aromatic heterocycles. The van der Waals surface area contributed by atoms with Crippen LogP contribution in [-0.2, 0) is 6.54 Å². The fraction of sp³-hybridized carbons (Fsp3) is 0.231. The Morgan fingerprint density at radius 3 is 2.53 bits per heavy atom. The summed E-state index contributed by atoms with van der Waals surface area (Å²) in [6.07, 6.45) is 3.99. The molecular formula is C26H27FN4O. The quantitative estimate of drug-likeness (QED) is 0.393. The zero-order chi connectivity index (χ0) is 22.7. The molecule has 2 aromatic carbocycles. The SMILES string of the molecule is CC(C)CN(C(=O)c1ccccc1F)c1cccc(N(C)Cc2cn3ccccc3n2)c1. The molecule has 0 aliphatic carbocycles. The van der Waals surface area contributed by atoms with Crippen LogP contribution in [0.15, 0.2) is 79.1 Å². The number of carbonyl (C=O) groups is 1. The minimum atomic E-state index is -0.508. The average Bonchev–Trinajstić information content (AvgIpc) is 3.19. The predicted octanol–water partition coefficient (Wildman–Crippen LogP) is 5.41. The lowest BCUT2D eigenvalue weighted by Crippen LogP contribution is -2.35. The first kappa shape index (κ1) is 21.6.